The van der Waals surface area contributed by atoms with Crippen LogP contribution in [0.1, 0.15) is 32.3 Å². The summed E-state index contributed by atoms with van der Waals surface area (Å²) in [5.41, 5.74) is 0.114. The Bertz CT molecular complexity index is 1430. The first-order chi connectivity index (χ1) is 16.2. The number of amides is 3. The maximum absolute atomic E-state index is 14.1. The number of benzene rings is 3. The normalized spacial score (nSPS) is 19.3. The highest BCUT2D eigenvalue weighted by Gasteiger charge is 2.57. The van der Waals surface area contributed by atoms with Crippen LogP contribution < -0.4 is 4.90 Å². The molecule has 1 saturated heterocycles. The quantitative estimate of drug-likeness (QED) is 0.222. The number of fused-ring (bicyclic) bond motifs is 1. The number of carbonyl (C=O) groups excluding carboxylic acids is 3. The average molecular weight is 500 g/mol. The highest BCUT2D eigenvalue weighted by Crippen LogP contribution is 2.45. The molecule has 11 heteroatoms. The summed E-state index contributed by atoms with van der Waals surface area (Å²) in [6.45, 7) is 0. The zero-order valence-electron chi connectivity index (χ0n) is 16.9. The predicted octanol–water partition coefficient (Wildman–Crippen LogP) is 4.79. The molecule has 0 radical (unpaired) electrons. The summed E-state index contributed by atoms with van der Waals surface area (Å²) in [7, 11) is 0. The largest absolute Gasteiger partial charge is 0.300 e. The summed E-state index contributed by atoms with van der Waals surface area (Å²) < 4.78 is 14.1. The Labute approximate surface area is 201 Å². The van der Waals surface area contributed by atoms with Gasteiger partial charge in [0.15, 0.2) is 0 Å². The number of β-lactam (4-membered cyclic amide) rings is 1. The highest BCUT2D eigenvalue weighted by molar-refractivity contribution is 6.42. The lowest BCUT2D eigenvalue weighted by Crippen LogP contribution is -2.67. The number of halogens is 3. The van der Waals surface area contributed by atoms with Crippen LogP contribution in [-0.4, -0.2) is 33.6 Å². The molecule has 3 amide bonds. The molecule has 0 aromatic heterocycles. The summed E-state index contributed by atoms with van der Waals surface area (Å²) in [4.78, 5) is 52.1. The number of anilines is 1. The fourth-order valence-electron chi connectivity index (χ4n) is 4.28. The van der Waals surface area contributed by atoms with E-state index in [0.717, 1.165) is 17.0 Å². The molecular formula is C23H12Cl2FN3O5. The first-order valence-electron chi connectivity index (χ1n) is 9.89. The number of nitro groups is 1. The first kappa shape index (κ1) is 22.0. The van der Waals surface area contributed by atoms with Gasteiger partial charge in [-0.25, -0.2) is 4.39 Å². The van der Waals surface area contributed by atoms with Gasteiger partial charge in [-0.05, 0) is 42.0 Å². The lowest BCUT2D eigenvalue weighted by molar-refractivity contribution is -0.384. The van der Waals surface area contributed by atoms with Crippen LogP contribution in [0.15, 0.2) is 60.7 Å². The Hall–Kier alpha value is -3.82. The Balaban J connectivity index is 1.59. The molecule has 0 aliphatic carbocycles. The molecule has 1 fully saturated rings. The number of hydrogen-bond acceptors (Lipinski definition) is 5. The van der Waals surface area contributed by atoms with Crippen molar-refractivity contribution < 1.29 is 23.7 Å². The highest BCUT2D eigenvalue weighted by atomic mass is 35.5. The number of rotatable bonds is 4. The van der Waals surface area contributed by atoms with Crippen LogP contribution in [0.5, 0.6) is 0 Å². The molecule has 0 saturated carbocycles. The van der Waals surface area contributed by atoms with E-state index in [0.29, 0.717) is 11.3 Å². The average Bonchev–Trinajstić information content (AvgIpc) is 3.04. The van der Waals surface area contributed by atoms with Crippen LogP contribution in [-0.2, 0) is 4.79 Å². The topological polar surface area (TPSA) is 101 Å². The lowest BCUT2D eigenvalue weighted by Gasteiger charge is -2.49. The molecule has 2 heterocycles. The van der Waals surface area contributed by atoms with E-state index < -0.39 is 40.5 Å². The molecule has 2 aliphatic heterocycles. The van der Waals surface area contributed by atoms with E-state index in [4.69, 9.17) is 23.2 Å². The molecule has 3 aromatic rings. The molecule has 2 atom stereocenters. The SMILES string of the molecule is O=C1c2ccc([N+](=O)[O-])cc2C(=O)N1C1C(=O)N(c2ccc(Cl)c(Cl)c2)C1c1cccc(F)c1. The number of carbonyl (C=O) groups is 3. The molecule has 0 spiro atoms. The van der Waals surface area contributed by atoms with Gasteiger partial charge >= 0.3 is 0 Å². The third kappa shape index (κ3) is 3.24. The third-order valence-electron chi connectivity index (χ3n) is 5.83. The molecule has 0 N–H and O–H groups in total. The zero-order valence-corrected chi connectivity index (χ0v) is 18.5. The van der Waals surface area contributed by atoms with E-state index in [1.165, 1.54) is 41.3 Å². The van der Waals surface area contributed by atoms with Gasteiger partial charge in [-0.1, -0.05) is 35.3 Å². The number of imide groups is 1. The molecule has 2 aliphatic rings. The summed E-state index contributed by atoms with van der Waals surface area (Å²) >= 11 is 12.1. The third-order valence-corrected chi connectivity index (χ3v) is 6.57. The molecule has 5 rings (SSSR count). The van der Waals surface area contributed by atoms with Crippen molar-refractivity contribution in [3.63, 3.8) is 0 Å². The Morgan fingerprint density at radius 2 is 1.56 bits per heavy atom. The van der Waals surface area contributed by atoms with Gasteiger partial charge in [0, 0.05) is 17.8 Å². The first-order valence-corrected chi connectivity index (χ1v) is 10.6. The molecule has 8 nitrogen and oxygen atoms in total. The summed E-state index contributed by atoms with van der Waals surface area (Å²) in [6.07, 6.45) is 0. The number of non-ortho nitro benzene ring substituents is 1. The lowest BCUT2D eigenvalue weighted by atomic mass is 9.86. The van der Waals surface area contributed by atoms with Crippen LogP contribution in [0.25, 0.3) is 0 Å². The van der Waals surface area contributed by atoms with Crippen molar-refractivity contribution in [2.75, 3.05) is 4.90 Å². The van der Waals surface area contributed by atoms with Gasteiger partial charge in [0.25, 0.3) is 23.4 Å². The second kappa shape index (κ2) is 7.89. The monoisotopic (exact) mass is 499 g/mol. The van der Waals surface area contributed by atoms with Crippen molar-refractivity contribution in [3.05, 3.63) is 103 Å². The summed E-state index contributed by atoms with van der Waals surface area (Å²) in [5.74, 6) is -2.76. The minimum absolute atomic E-state index is 0.0469. The van der Waals surface area contributed by atoms with E-state index in [9.17, 15) is 28.9 Å². The van der Waals surface area contributed by atoms with Crippen LogP contribution in [0.3, 0.4) is 0 Å². The van der Waals surface area contributed by atoms with Crippen molar-refractivity contribution in [1.82, 2.24) is 4.90 Å². The summed E-state index contributed by atoms with van der Waals surface area (Å²) in [6, 6.07) is 11.0. The van der Waals surface area contributed by atoms with Crippen molar-refractivity contribution in [2.24, 2.45) is 0 Å². The standard InChI is InChI=1S/C23H12Cl2FN3O5/c24-17-7-5-13(10-18(17)25)27-19(11-2-1-3-12(26)8-11)20(23(27)32)28-21(30)15-6-4-14(29(33)34)9-16(15)22(28)31/h1-10,19-20H. The second-order valence-corrected chi connectivity index (χ2v) is 8.53. The van der Waals surface area contributed by atoms with Gasteiger partial charge in [-0.3, -0.25) is 29.4 Å². The van der Waals surface area contributed by atoms with Gasteiger partial charge < -0.3 is 4.90 Å². The minimum Gasteiger partial charge on any atom is -0.300 e. The van der Waals surface area contributed by atoms with Crippen molar-refractivity contribution in [2.45, 2.75) is 12.1 Å². The fraction of sp³-hybridized carbons (Fsp3) is 0.0870. The van der Waals surface area contributed by atoms with E-state index in [-0.39, 0.29) is 26.9 Å². The molecule has 2 unspecified atom stereocenters. The van der Waals surface area contributed by atoms with Crippen LogP contribution in [0, 0.1) is 15.9 Å². The summed E-state index contributed by atoms with van der Waals surface area (Å²) in [5, 5.41) is 11.6. The van der Waals surface area contributed by atoms with E-state index in [1.54, 1.807) is 12.1 Å². The van der Waals surface area contributed by atoms with Gasteiger partial charge in [-0.15, -0.1) is 0 Å². The molecule has 3 aromatic carbocycles. The number of nitrogens with zero attached hydrogens (tertiary/aromatic N) is 3. The number of hydrogen-bond donors (Lipinski definition) is 0. The maximum atomic E-state index is 14.1. The minimum atomic E-state index is -1.29. The van der Waals surface area contributed by atoms with Gasteiger partial charge in [0.1, 0.15) is 11.9 Å². The Kier molecular flexibility index (Phi) is 5.11. The van der Waals surface area contributed by atoms with Gasteiger partial charge in [0.05, 0.1) is 32.1 Å². The molecule has 34 heavy (non-hydrogen) atoms. The van der Waals surface area contributed by atoms with Crippen LogP contribution in [0.4, 0.5) is 15.8 Å². The molecular weight excluding hydrogens is 488 g/mol. The zero-order chi connectivity index (χ0) is 24.3. The smallest absolute Gasteiger partial charge is 0.270 e. The van der Waals surface area contributed by atoms with E-state index in [2.05, 4.69) is 0 Å². The van der Waals surface area contributed by atoms with E-state index in [1.807, 2.05) is 0 Å². The van der Waals surface area contributed by atoms with Gasteiger partial charge in [0.2, 0.25) is 0 Å². The van der Waals surface area contributed by atoms with Crippen molar-refractivity contribution >= 4 is 52.3 Å². The molecule has 170 valence electrons. The van der Waals surface area contributed by atoms with Crippen molar-refractivity contribution in [1.29, 1.82) is 0 Å². The van der Waals surface area contributed by atoms with E-state index >= 15 is 0 Å². The van der Waals surface area contributed by atoms with Crippen molar-refractivity contribution in [3.8, 4) is 0 Å². The number of nitro benzene ring substituents is 1. The second-order valence-electron chi connectivity index (χ2n) is 7.72. The predicted molar refractivity (Wildman–Crippen MR) is 120 cm³/mol. The molecule has 0 bridgehead atoms. The Morgan fingerprint density at radius 1 is 0.824 bits per heavy atom. The van der Waals surface area contributed by atoms with Crippen LogP contribution in [0.2, 0.25) is 10.0 Å². The van der Waals surface area contributed by atoms with Gasteiger partial charge in [-0.2, -0.15) is 0 Å². The Morgan fingerprint density at radius 3 is 2.24 bits per heavy atom. The van der Waals surface area contributed by atoms with Crippen LogP contribution >= 0.6 is 23.2 Å². The maximum Gasteiger partial charge on any atom is 0.270 e. The fourth-order valence-corrected chi connectivity index (χ4v) is 4.58.